The van der Waals surface area contributed by atoms with Gasteiger partial charge in [0, 0.05) is 23.6 Å². The van der Waals surface area contributed by atoms with Crippen molar-refractivity contribution >= 4 is 33.4 Å². The molecule has 1 saturated heterocycles. The number of hydrogen-bond donors (Lipinski definition) is 1. The van der Waals surface area contributed by atoms with Gasteiger partial charge in [-0.3, -0.25) is 14.5 Å². The Morgan fingerprint density at radius 1 is 1.33 bits per heavy atom. The molecule has 0 saturated carbocycles. The van der Waals surface area contributed by atoms with Crippen LogP contribution in [0.15, 0.2) is 22.7 Å². The fourth-order valence-corrected chi connectivity index (χ4v) is 2.48. The lowest BCUT2D eigenvalue weighted by molar-refractivity contribution is -0.147. The number of rotatable bonds is 2. The van der Waals surface area contributed by atoms with Crippen molar-refractivity contribution in [2.45, 2.75) is 25.1 Å². The summed E-state index contributed by atoms with van der Waals surface area (Å²) in [6, 6.07) is 2.65. The molecule has 1 aromatic carbocycles. The molecular weight excluding hydrogens is 353 g/mol. The molecule has 1 aliphatic heterocycles. The number of imide groups is 1. The second-order valence-electron chi connectivity index (χ2n) is 4.71. The summed E-state index contributed by atoms with van der Waals surface area (Å²) in [5.74, 6) is -0.859. The highest BCUT2D eigenvalue weighted by Crippen LogP contribution is 2.37. The van der Waals surface area contributed by atoms with Gasteiger partial charge in [-0.2, -0.15) is 13.2 Å². The van der Waals surface area contributed by atoms with E-state index >= 15 is 0 Å². The smallest absolute Gasteiger partial charge is 0.373 e. The summed E-state index contributed by atoms with van der Waals surface area (Å²) in [5, 5.41) is 2.60. The van der Waals surface area contributed by atoms with Crippen molar-refractivity contribution in [3.05, 3.63) is 28.2 Å². The number of carbonyl (C=O) groups is 2. The van der Waals surface area contributed by atoms with Gasteiger partial charge in [-0.05, 0) is 24.6 Å². The van der Waals surface area contributed by atoms with Crippen LogP contribution in [-0.4, -0.2) is 29.8 Å². The van der Waals surface area contributed by atoms with Gasteiger partial charge >= 0.3 is 6.18 Å². The lowest BCUT2D eigenvalue weighted by Gasteiger charge is -2.29. The van der Waals surface area contributed by atoms with Gasteiger partial charge in [-0.1, -0.05) is 15.9 Å². The number of hydrogen-bond acceptors (Lipinski definition) is 3. The molecule has 1 fully saturated rings. The number of anilines is 1. The summed E-state index contributed by atoms with van der Waals surface area (Å²) >= 11 is 3.11. The van der Waals surface area contributed by atoms with Crippen molar-refractivity contribution in [2.75, 3.05) is 12.4 Å². The molecule has 0 bridgehead atoms. The Kier molecular flexibility index (Phi) is 4.27. The summed E-state index contributed by atoms with van der Waals surface area (Å²) in [6.45, 7) is 0. The molecule has 0 aromatic heterocycles. The van der Waals surface area contributed by atoms with E-state index in [4.69, 9.17) is 0 Å². The van der Waals surface area contributed by atoms with E-state index in [1.807, 2.05) is 0 Å². The summed E-state index contributed by atoms with van der Waals surface area (Å²) in [5.41, 5.74) is -1.03. The van der Waals surface area contributed by atoms with Crippen LogP contribution in [0.4, 0.5) is 18.9 Å². The summed E-state index contributed by atoms with van der Waals surface area (Å²) in [7, 11) is 1.32. The van der Waals surface area contributed by atoms with Crippen LogP contribution in [0.3, 0.4) is 0 Å². The zero-order chi connectivity index (χ0) is 15.8. The number of amides is 2. The number of halogens is 4. The van der Waals surface area contributed by atoms with E-state index in [9.17, 15) is 22.8 Å². The first kappa shape index (κ1) is 15.8. The highest BCUT2D eigenvalue weighted by Gasteiger charge is 2.36. The van der Waals surface area contributed by atoms with Crippen LogP contribution in [0.5, 0.6) is 0 Å². The van der Waals surface area contributed by atoms with E-state index in [1.54, 1.807) is 0 Å². The Hall–Kier alpha value is -1.57. The van der Waals surface area contributed by atoms with Crippen LogP contribution in [0.2, 0.25) is 0 Å². The van der Waals surface area contributed by atoms with Crippen LogP contribution >= 0.6 is 15.9 Å². The molecule has 0 radical (unpaired) electrons. The first-order valence-electron chi connectivity index (χ1n) is 6.14. The number of likely N-dealkylation sites (N-methyl/N-ethyl adjacent to an activating group) is 1. The molecule has 1 N–H and O–H groups in total. The molecule has 2 rings (SSSR count). The van der Waals surface area contributed by atoms with E-state index in [-0.39, 0.29) is 24.4 Å². The minimum Gasteiger partial charge on any atom is -0.373 e. The van der Waals surface area contributed by atoms with Crippen molar-refractivity contribution in [3.8, 4) is 0 Å². The lowest BCUT2D eigenvalue weighted by Crippen LogP contribution is -2.48. The molecule has 4 nitrogen and oxygen atoms in total. The summed E-state index contributed by atoms with van der Waals surface area (Å²) in [4.78, 5) is 24.2. The molecular formula is C13H12BrF3N2O2. The SMILES string of the molecule is CN1C(=O)CCC(Nc2cc(Br)ccc2C(F)(F)F)C1=O. The van der Waals surface area contributed by atoms with Crippen LogP contribution in [0.25, 0.3) is 0 Å². The first-order chi connectivity index (χ1) is 9.70. The van der Waals surface area contributed by atoms with Crippen molar-refractivity contribution in [2.24, 2.45) is 0 Å². The van der Waals surface area contributed by atoms with Gasteiger partial charge in [0.05, 0.1) is 5.56 Å². The van der Waals surface area contributed by atoms with Crippen molar-refractivity contribution < 1.29 is 22.8 Å². The number of carbonyl (C=O) groups excluding carboxylic acids is 2. The minimum atomic E-state index is -4.53. The summed E-state index contributed by atoms with van der Waals surface area (Å²) < 4.78 is 39.4. The molecule has 2 amide bonds. The topological polar surface area (TPSA) is 49.4 Å². The standard InChI is InChI=1S/C13H12BrF3N2O2/c1-19-11(20)5-4-9(12(19)21)18-10-6-7(14)2-3-8(10)13(15,16)17/h2-3,6,9,18H,4-5H2,1H3. The maximum atomic E-state index is 13.0. The molecule has 0 spiro atoms. The molecule has 1 unspecified atom stereocenters. The average molecular weight is 365 g/mol. The molecule has 114 valence electrons. The molecule has 8 heteroatoms. The monoisotopic (exact) mass is 364 g/mol. The van der Waals surface area contributed by atoms with Gasteiger partial charge in [0.25, 0.3) is 5.91 Å². The van der Waals surface area contributed by atoms with Crippen LogP contribution in [0.1, 0.15) is 18.4 Å². The van der Waals surface area contributed by atoms with Gasteiger partial charge in [0.1, 0.15) is 6.04 Å². The van der Waals surface area contributed by atoms with Crippen LogP contribution < -0.4 is 5.32 Å². The van der Waals surface area contributed by atoms with Gasteiger partial charge in [0.2, 0.25) is 5.91 Å². The third-order valence-corrected chi connectivity index (χ3v) is 3.76. The summed E-state index contributed by atoms with van der Waals surface area (Å²) in [6.07, 6.45) is -4.23. The molecule has 1 atom stereocenters. The predicted octanol–water partition coefficient (Wildman–Crippen LogP) is 3.03. The lowest BCUT2D eigenvalue weighted by atomic mass is 10.0. The van der Waals surface area contributed by atoms with Gasteiger partial charge in [0.15, 0.2) is 0 Å². The van der Waals surface area contributed by atoms with Crippen molar-refractivity contribution in [3.63, 3.8) is 0 Å². The Morgan fingerprint density at radius 3 is 2.62 bits per heavy atom. The van der Waals surface area contributed by atoms with E-state index in [0.717, 1.165) is 11.0 Å². The molecule has 1 aromatic rings. The number of alkyl halides is 3. The van der Waals surface area contributed by atoms with Gasteiger partial charge in [-0.15, -0.1) is 0 Å². The van der Waals surface area contributed by atoms with Crippen molar-refractivity contribution in [1.82, 2.24) is 4.90 Å². The number of likely N-dealkylation sites (tertiary alicyclic amines) is 1. The maximum absolute atomic E-state index is 13.0. The van der Waals surface area contributed by atoms with E-state index in [0.29, 0.717) is 4.47 Å². The molecule has 1 heterocycles. The largest absolute Gasteiger partial charge is 0.418 e. The normalized spacial score (nSPS) is 19.9. The quantitative estimate of drug-likeness (QED) is 0.820. The van der Waals surface area contributed by atoms with Crippen LogP contribution in [0, 0.1) is 0 Å². The minimum absolute atomic E-state index is 0.120. The third-order valence-electron chi connectivity index (χ3n) is 3.27. The Labute approximate surface area is 127 Å². The van der Waals surface area contributed by atoms with Gasteiger partial charge < -0.3 is 5.32 Å². The maximum Gasteiger partial charge on any atom is 0.418 e. The average Bonchev–Trinajstić information content (AvgIpc) is 2.38. The Balaban J connectivity index is 2.29. The van der Waals surface area contributed by atoms with Crippen LogP contribution in [-0.2, 0) is 15.8 Å². The zero-order valence-corrected chi connectivity index (χ0v) is 12.6. The third kappa shape index (κ3) is 3.37. The van der Waals surface area contributed by atoms with E-state index in [2.05, 4.69) is 21.2 Å². The van der Waals surface area contributed by atoms with E-state index in [1.165, 1.54) is 19.2 Å². The fraction of sp³-hybridized carbons (Fsp3) is 0.385. The predicted molar refractivity (Wildman–Crippen MR) is 73.6 cm³/mol. The van der Waals surface area contributed by atoms with Crippen molar-refractivity contribution in [1.29, 1.82) is 0 Å². The first-order valence-corrected chi connectivity index (χ1v) is 6.93. The second kappa shape index (κ2) is 5.67. The Morgan fingerprint density at radius 2 is 2.00 bits per heavy atom. The Bertz CT molecular complexity index is 589. The van der Waals surface area contributed by atoms with Gasteiger partial charge in [-0.25, -0.2) is 0 Å². The van der Waals surface area contributed by atoms with E-state index < -0.39 is 23.7 Å². The number of nitrogens with zero attached hydrogens (tertiary/aromatic N) is 1. The molecule has 21 heavy (non-hydrogen) atoms. The second-order valence-corrected chi connectivity index (χ2v) is 5.63. The fourth-order valence-electron chi connectivity index (χ4n) is 2.12. The highest BCUT2D eigenvalue weighted by atomic mass is 79.9. The number of benzene rings is 1. The molecule has 1 aliphatic rings. The molecule has 0 aliphatic carbocycles. The number of piperidine rings is 1. The zero-order valence-electron chi connectivity index (χ0n) is 11.0. The highest BCUT2D eigenvalue weighted by molar-refractivity contribution is 9.10. The number of nitrogens with one attached hydrogen (secondary N) is 1.